The van der Waals surface area contributed by atoms with Crippen molar-refractivity contribution in [2.45, 2.75) is 13.0 Å². The van der Waals surface area contributed by atoms with Gasteiger partial charge in [-0.25, -0.2) is 9.37 Å². The monoisotopic (exact) mass is 207 g/mol. The number of halogens is 1. The largest absolute Gasteiger partial charge is 0.325 e. The average molecular weight is 207 g/mol. The molecule has 0 N–H and O–H groups in total. The Morgan fingerprint density at radius 3 is 2.80 bits per heavy atom. The highest BCUT2D eigenvalue weighted by Gasteiger charge is 2.17. The van der Waals surface area contributed by atoms with Crippen LogP contribution in [0.5, 0.6) is 0 Å². The molecule has 1 amide bonds. The molecule has 0 bridgehead atoms. The van der Waals surface area contributed by atoms with Crippen LogP contribution in [-0.4, -0.2) is 28.9 Å². The van der Waals surface area contributed by atoms with E-state index in [0.717, 1.165) is 12.3 Å². The fraction of sp³-hybridized carbons (Fsp3) is 0.300. The summed E-state index contributed by atoms with van der Waals surface area (Å²) in [6.45, 7) is 1.60. The summed E-state index contributed by atoms with van der Waals surface area (Å²) in [4.78, 5) is 16.5. The highest BCUT2D eigenvalue weighted by molar-refractivity contribution is 5.92. The zero-order valence-electron chi connectivity index (χ0n) is 8.44. The van der Waals surface area contributed by atoms with Crippen molar-refractivity contribution in [2.75, 3.05) is 7.05 Å². The molecule has 0 fully saturated rings. The Hall–Kier alpha value is -1.96. The van der Waals surface area contributed by atoms with Gasteiger partial charge in [0, 0.05) is 7.05 Å². The van der Waals surface area contributed by atoms with Crippen molar-refractivity contribution in [2.24, 2.45) is 0 Å². The molecule has 15 heavy (non-hydrogen) atoms. The number of aromatic nitrogens is 1. The molecule has 0 spiro atoms. The normalized spacial score (nSPS) is 11.6. The van der Waals surface area contributed by atoms with Gasteiger partial charge in [-0.2, -0.15) is 5.26 Å². The minimum atomic E-state index is -0.538. The maximum Gasteiger partial charge on any atom is 0.273 e. The molecule has 0 aliphatic rings. The van der Waals surface area contributed by atoms with Crippen LogP contribution in [0, 0.1) is 17.1 Å². The zero-order chi connectivity index (χ0) is 11.4. The summed E-state index contributed by atoms with van der Waals surface area (Å²) in [5.74, 6) is -0.897. The number of carbonyl (C=O) groups is 1. The summed E-state index contributed by atoms with van der Waals surface area (Å²) >= 11 is 0. The van der Waals surface area contributed by atoms with E-state index in [9.17, 15) is 9.18 Å². The number of amides is 1. The van der Waals surface area contributed by atoms with Gasteiger partial charge in [-0.05, 0) is 19.1 Å². The van der Waals surface area contributed by atoms with Crippen LogP contribution in [0.1, 0.15) is 17.4 Å². The fourth-order valence-corrected chi connectivity index (χ4v) is 0.945. The second kappa shape index (κ2) is 4.51. The van der Waals surface area contributed by atoms with Crippen LogP contribution < -0.4 is 0 Å². The lowest BCUT2D eigenvalue weighted by molar-refractivity contribution is 0.0767. The van der Waals surface area contributed by atoms with Crippen LogP contribution in [0.2, 0.25) is 0 Å². The van der Waals surface area contributed by atoms with Crippen LogP contribution in [0.4, 0.5) is 4.39 Å². The molecule has 1 unspecified atom stereocenters. The van der Waals surface area contributed by atoms with Crippen molar-refractivity contribution in [3.05, 3.63) is 29.8 Å². The molecule has 78 valence electrons. The molecule has 1 heterocycles. The predicted octanol–water partition coefficient (Wildman–Crippen LogP) is 1.20. The molecule has 0 aromatic carbocycles. The summed E-state index contributed by atoms with van der Waals surface area (Å²) in [6, 6.07) is 3.84. The number of hydrogen-bond donors (Lipinski definition) is 0. The molecule has 0 radical (unpaired) electrons. The fourth-order valence-electron chi connectivity index (χ4n) is 0.945. The van der Waals surface area contributed by atoms with Crippen LogP contribution in [0.15, 0.2) is 18.3 Å². The summed E-state index contributed by atoms with van der Waals surface area (Å²) < 4.78 is 12.5. The maximum atomic E-state index is 12.5. The zero-order valence-corrected chi connectivity index (χ0v) is 8.44. The smallest absolute Gasteiger partial charge is 0.273 e. The van der Waals surface area contributed by atoms with Crippen LogP contribution in [-0.2, 0) is 0 Å². The third kappa shape index (κ3) is 2.50. The Bertz CT molecular complexity index is 396. The number of nitrogens with zero attached hydrogens (tertiary/aromatic N) is 3. The van der Waals surface area contributed by atoms with Crippen molar-refractivity contribution in [1.82, 2.24) is 9.88 Å². The lowest BCUT2D eigenvalue weighted by Crippen LogP contribution is -2.34. The second-order valence-electron chi connectivity index (χ2n) is 3.08. The van der Waals surface area contributed by atoms with Crippen molar-refractivity contribution < 1.29 is 9.18 Å². The average Bonchev–Trinajstić information content (AvgIpc) is 2.27. The molecular formula is C10H10FN3O. The molecule has 0 aliphatic carbocycles. The van der Waals surface area contributed by atoms with Crippen molar-refractivity contribution in [3.63, 3.8) is 0 Å². The van der Waals surface area contributed by atoms with Gasteiger partial charge in [0.1, 0.15) is 17.6 Å². The summed E-state index contributed by atoms with van der Waals surface area (Å²) in [5, 5.41) is 8.62. The number of pyridine rings is 1. The molecule has 0 saturated carbocycles. The third-order valence-electron chi connectivity index (χ3n) is 2.03. The van der Waals surface area contributed by atoms with Gasteiger partial charge in [0.05, 0.1) is 12.3 Å². The summed E-state index contributed by atoms with van der Waals surface area (Å²) in [6.07, 6.45) is 0.970. The lowest BCUT2D eigenvalue weighted by Gasteiger charge is -2.18. The van der Waals surface area contributed by atoms with E-state index in [-0.39, 0.29) is 5.69 Å². The first-order valence-corrected chi connectivity index (χ1v) is 4.34. The summed E-state index contributed by atoms with van der Waals surface area (Å²) in [7, 11) is 1.50. The minimum absolute atomic E-state index is 0.126. The number of hydrogen-bond acceptors (Lipinski definition) is 3. The van der Waals surface area contributed by atoms with Crippen molar-refractivity contribution in [3.8, 4) is 6.07 Å². The molecule has 1 rings (SSSR count). The van der Waals surface area contributed by atoms with E-state index >= 15 is 0 Å². The molecule has 0 aliphatic heterocycles. The van der Waals surface area contributed by atoms with Crippen molar-refractivity contribution >= 4 is 5.91 Å². The predicted molar refractivity (Wildman–Crippen MR) is 51.4 cm³/mol. The molecule has 1 atom stereocenters. The quantitative estimate of drug-likeness (QED) is 0.732. The maximum absolute atomic E-state index is 12.5. The molecule has 1 aromatic heterocycles. The van der Waals surface area contributed by atoms with E-state index in [0.29, 0.717) is 0 Å². The minimum Gasteiger partial charge on any atom is -0.325 e. The first-order chi connectivity index (χ1) is 7.06. The summed E-state index contributed by atoms with van der Waals surface area (Å²) in [5.41, 5.74) is 0.126. The Balaban J connectivity index is 2.86. The first-order valence-electron chi connectivity index (χ1n) is 4.34. The van der Waals surface area contributed by atoms with Gasteiger partial charge in [-0.1, -0.05) is 0 Å². The van der Waals surface area contributed by atoms with E-state index in [1.54, 1.807) is 6.92 Å². The van der Waals surface area contributed by atoms with Gasteiger partial charge < -0.3 is 4.90 Å². The molecular weight excluding hydrogens is 197 g/mol. The van der Waals surface area contributed by atoms with Gasteiger partial charge in [-0.3, -0.25) is 4.79 Å². The van der Waals surface area contributed by atoms with Gasteiger partial charge in [0.15, 0.2) is 0 Å². The van der Waals surface area contributed by atoms with Crippen molar-refractivity contribution in [1.29, 1.82) is 5.26 Å². The first kappa shape index (κ1) is 11.1. The van der Waals surface area contributed by atoms with E-state index < -0.39 is 17.8 Å². The third-order valence-corrected chi connectivity index (χ3v) is 2.03. The second-order valence-corrected chi connectivity index (χ2v) is 3.08. The highest BCUT2D eigenvalue weighted by Crippen LogP contribution is 2.04. The van der Waals surface area contributed by atoms with Crippen LogP contribution in [0.25, 0.3) is 0 Å². The Labute approximate surface area is 87.0 Å². The Morgan fingerprint density at radius 1 is 1.67 bits per heavy atom. The molecule has 0 saturated heterocycles. The molecule has 4 nitrogen and oxygen atoms in total. The molecule has 5 heteroatoms. The highest BCUT2D eigenvalue weighted by atomic mass is 19.1. The standard InChI is InChI=1S/C10H10FN3O/c1-7(5-12)14(2)10(15)9-4-3-8(11)6-13-9/h3-4,6-7H,1-2H3. The van der Waals surface area contributed by atoms with Gasteiger partial charge in [0.25, 0.3) is 5.91 Å². The van der Waals surface area contributed by atoms with Gasteiger partial charge in [-0.15, -0.1) is 0 Å². The van der Waals surface area contributed by atoms with Crippen LogP contribution >= 0.6 is 0 Å². The van der Waals surface area contributed by atoms with Gasteiger partial charge >= 0.3 is 0 Å². The van der Waals surface area contributed by atoms with E-state index in [4.69, 9.17) is 5.26 Å². The molecule has 1 aromatic rings. The van der Waals surface area contributed by atoms with E-state index in [1.165, 1.54) is 18.0 Å². The Kier molecular flexibility index (Phi) is 3.34. The van der Waals surface area contributed by atoms with E-state index in [1.807, 2.05) is 6.07 Å². The van der Waals surface area contributed by atoms with E-state index in [2.05, 4.69) is 4.98 Å². The van der Waals surface area contributed by atoms with Crippen LogP contribution in [0.3, 0.4) is 0 Å². The SMILES string of the molecule is CC(C#N)N(C)C(=O)c1ccc(F)cn1. The number of nitriles is 1. The topological polar surface area (TPSA) is 57.0 Å². The number of rotatable bonds is 2. The number of carbonyl (C=O) groups excluding carboxylic acids is 1. The lowest BCUT2D eigenvalue weighted by atomic mass is 10.2. The Morgan fingerprint density at radius 2 is 2.33 bits per heavy atom. The van der Waals surface area contributed by atoms with Gasteiger partial charge in [0.2, 0.25) is 0 Å².